The maximum Gasteiger partial charge on any atom is 0.407 e. The van der Waals surface area contributed by atoms with Gasteiger partial charge in [-0.25, -0.2) is 4.79 Å². The molecular weight excluding hydrogens is 350 g/mol. The van der Waals surface area contributed by atoms with E-state index in [1.165, 1.54) is 0 Å². The van der Waals surface area contributed by atoms with Crippen LogP contribution in [-0.4, -0.2) is 43.7 Å². The summed E-state index contributed by atoms with van der Waals surface area (Å²) in [7, 11) is 1.54. The van der Waals surface area contributed by atoms with Crippen molar-refractivity contribution in [3.63, 3.8) is 0 Å². The van der Waals surface area contributed by atoms with Crippen LogP contribution in [0.25, 0.3) is 0 Å². The number of hydrogen-bond acceptors (Lipinski definition) is 5. The highest BCUT2D eigenvalue weighted by Crippen LogP contribution is 2.34. The molecule has 0 aliphatic carbocycles. The summed E-state index contributed by atoms with van der Waals surface area (Å²) in [6.07, 6.45) is 0.850. The SMILES string of the molecule is COc1ccc(NC(=O)CCNC(=O)OC(C)(C)C)cc1N1CCCC1=O. The number of hydrogen-bond donors (Lipinski definition) is 2. The highest BCUT2D eigenvalue weighted by molar-refractivity contribution is 5.98. The number of methoxy groups -OCH3 is 1. The first-order valence-corrected chi connectivity index (χ1v) is 8.95. The molecule has 0 unspecified atom stereocenters. The number of amides is 3. The van der Waals surface area contributed by atoms with Gasteiger partial charge in [0, 0.05) is 31.6 Å². The van der Waals surface area contributed by atoms with E-state index in [-0.39, 0.29) is 24.8 Å². The Balaban J connectivity index is 1.92. The largest absolute Gasteiger partial charge is 0.495 e. The van der Waals surface area contributed by atoms with Crippen LogP contribution in [0.2, 0.25) is 0 Å². The molecule has 1 aliphatic heterocycles. The molecule has 2 rings (SSSR count). The fourth-order valence-electron chi connectivity index (χ4n) is 2.70. The van der Waals surface area contributed by atoms with Crippen molar-refractivity contribution in [1.29, 1.82) is 0 Å². The predicted molar refractivity (Wildman–Crippen MR) is 102 cm³/mol. The number of carbonyl (C=O) groups is 3. The van der Waals surface area contributed by atoms with Gasteiger partial charge in [-0.05, 0) is 45.4 Å². The fraction of sp³-hybridized carbons (Fsp3) is 0.526. The molecule has 0 spiro atoms. The quantitative estimate of drug-likeness (QED) is 0.794. The first-order chi connectivity index (χ1) is 12.7. The number of ether oxygens (including phenoxy) is 2. The van der Waals surface area contributed by atoms with E-state index in [1.807, 2.05) is 0 Å². The third kappa shape index (κ3) is 6.16. The Bertz CT molecular complexity index is 712. The lowest BCUT2D eigenvalue weighted by Crippen LogP contribution is -2.34. The van der Waals surface area contributed by atoms with E-state index in [0.29, 0.717) is 30.1 Å². The number of carbonyl (C=O) groups excluding carboxylic acids is 3. The Morgan fingerprint density at radius 2 is 2.00 bits per heavy atom. The third-order valence-electron chi connectivity index (χ3n) is 3.85. The molecule has 1 aliphatic rings. The monoisotopic (exact) mass is 377 g/mol. The summed E-state index contributed by atoms with van der Waals surface area (Å²) in [6.45, 7) is 6.10. The molecule has 1 fully saturated rings. The molecule has 8 heteroatoms. The van der Waals surface area contributed by atoms with Gasteiger partial charge in [0.25, 0.3) is 0 Å². The molecule has 0 aromatic heterocycles. The van der Waals surface area contributed by atoms with Crippen LogP contribution in [0, 0.1) is 0 Å². The minimum Gasteiger partial charge on any atom is -0.495 e. The van der Waals surface area contributed by atoms with Crippen molar-refractivity contribution < 1.29 is 23.9 Å². The summed E-state index contributed by atoms with van der Waals surface area (Å²) in [5.41, 5.74) is 0.621. The highest BCUT2D eigenvalue weighted by atomic mass is 16.6. The van der Waals surface area contributed by atoms with Crippen LogP contribution in [0.15, 0.2) is 18.2 Å². The molecule has 1 heterocycles. The van der Waals surface area contributed by atoms with E-state index >= 15 is 0 Å². The first kappa shape index (κ1) is 20.5. The molecule has 0 radical (unpaired) electrons. The number of rotatable bonds is 6. The number of anilines is 2. The van der Waals surface area contributed by atoms with Gasteiger partial charge < -0.3 is 25.0 Å². The molecular formula is C19H27N3O5. The van der Waals surface area contributed by atoms with E-state index in [0.717, 1.165) is 6.42 Å². The van der Waals surface area contributed by atoms with Gasteiger partial charge >= 0.3 is 6.09 Å². The molecule has 1 saturated heterocycles. The first-order valence-electron chi connectivity index (χ1n) is 8.95. The van der Waals surface area contributed by atoms with Gasteiger partial charge in [0.1, 0.15) is 11.4 Å². The Morgan fingerprint density at radius 1 is 1.26 bits per heavy atom. The summed E-state index contributed by atoms with van der Waals surface area (Å²) < 4.78 is 10.4. The van der Waals surface area contributed by atoms with Crippen LogP contribution in [0.4, 0.5) is 16.2 Å². The van der Waals surface area contributed by atoms with Gasteiger partial charge in [-0.3, -0.25) is 9.59 Å². The average molecular weight is 377 g/mol. The van der Waals surface area contributed by atoms with Crippen molar-refractivity contribution in [3.05, 3.63) is 18.2 Å². The lowest BCUT2D eigenvalue weighted by molar-refractivity contribution is -0.117. The zero-order valence-corrected chi connectivity index (χ0v) is 16.3. The second-order valence-corrected chi connectivity index (χ2v) is 7.26. The van der Waals surface area contributed by atoms with Crippen LogP contribution >= 0.6 is 0 Å². The zero-order chi connectivity index (χ0) is 20.0. The van der Waals surface area contributed by atoms with Gasteiger partial charge in [0.15, 0.2) is 0 Å². The van der Waals surface area contributed by atoms with Crippen molar-refractivity contribution in [1.82, 2.24) is 5.32 Å². The molecule has 0 saturated carbocycles. The second kappa shape index (κ2) is 8.75. The van der Waals surface area contributed by atoms with E-state index in [1.54, 1.807) is 51.0 Å². The molecule has 27 heavy (non-hydrogen) atoms. The topological polar surface area (TPSA) is 97.0 Å². The van der Waals surface area contributed by atoms with E-state index < -0.39 is 11.7 Å². The second-order valence-electron chi connectivity index (χ2n) is 7.26. The molecule has 1 aromatic carbocycles. The van der Waals surface area contributed by atoms with Gasteiger partial charge in [0.05, 0.1) is 12.8 Å². The van der Waals surface area contributed by atoms with E-state index in [2.05, 4.69) is 10.6 Å². The minimum atomic E-state index is -0.584. The van der Waals surface area contributed by atoms with Crippen molar-refractivity contribution in [2.45, 2.75) is 45.6 Å². The summed E-state index contributed by atoms with van der Waals surface area (Å²) >= 11 is 0. The molecule has 8 nitrogen and oxygen atoms in total. The minimum absolute atomic E-state index is 0.0401. The van der Waals surface area contributed by atoms with Crippen LogP contribution in [0.3, 0.4) is 0 Å². The summed E-state index contributed by atoms with van der Waals surface area (Å²) in [6, 6.07) is 5.15. The zero-order valence-electron chi connectivity index (χ0n) is 16.3. The number of benzene rings is 1. The maximum absolute atomic E-state index is 12.1. The summed E-state index contributed by atoms with van der Waals surface area (Å²) in [4.78, 5) is 37.4. The van der Waals surface area contributed by atoms with Crippen molar-refractivity contribution in [2.75, 3.05) is 30.4 Å². The van der Waals surface area contributed by atoms with Crippen LogP contribution in [-0.2, 0) is 14.3 Å². The molecule has 3 amide bonds. The van der Waals surface area contributed by atoms with Crippen LogP contribution in [0.1, 0.15) is 40.0 Å². The Labute approximate surface area is 159 Å². The standard InChI is InChI=1S/C19H27N3O5/c1-19(2,3)27-18(25)20-10-9-16(23)21-13-7-8-15(26-4)14(12-13)22-11-5-6-17(22)24/h7-8,12H,5-6,9-11H2,1-4H3,(H,20,25)(H,21,23). The Hall–Kier alpha value is -2.77. The van der Waals surface area contributed by atoms with Crippen molar-refractivity contribution in [2.24, 2.45) is 0 Å². The normalized spacial score (nSPS) is 14.1. The molecule has 2 N–H and O–H groups in total. The smallest absolute Gasteiger partial charge is 0.407 e. The molecule has 148 valence electrons. The molecule has 1 aromatic rings. The lowest BCUT2D eigenvalue weighted by atomic mass is 10.2. The average Bonchev–Trinajstić information content (AvgIpc) is 2.99. The van der Waals surface area contributed by atoms with Crippen LogP contribution in [0.5, 0.6) is 5.75 Å². The highest BCUT2D eigenvalue weighted by Gasteiger charge is 2.25. The Kier molecular flexibility index (Phi) is 6.65. The molecule has 0 bridgehead atoms. The lowest BCUT2D eigenvalue weighted by Gasteiger charge is -2.20. The van der Waals surface area contributed by atoms with Gasteiger partial charge in [0.2, 0.25) is 11.8 Å². The summed E-state index contributed by atoms with van der Waals surface area (Å²) in [5.74, 6) is 0.364. The van der Waals surface area contributed by atoms with Crippen LogP contribution < -0.4 is 20.3 Å². The number of nitrogens with one attached hydrogen (secondary N) is 2. The van der Waals surface area contributed by atoms with Gasteiger partial charge in [-0.1, -0.05) is 0 Å². The van der Waals surface area contributed by atoms with E-state index in [9.17, 15) is 14.4 Å². The van der Waals surface area contributed by atoms with Crippen molar-refractivity contribution >= 4 is 29.3 Å². The fourth-order valence-corrected chi connectivity index (χ4v) is 2.70. The van der Waals surface area contributed by atoms with Gasteiger partial charge in [-0.15, -0.1) is 0 Å². The predicted octanol–water partition coefficient (Wildman–Crippen LogP) is 2.68. The van der Waals surface area contributed by atoms with Crippen molar-refractivity contribution in [3.8, 4) is 5.75 Å². The number of nitrogens with zero attached hydrogens (tertiary/aromatic N) is 1. The van der Waals surface area contributed by atoms with Gasteiger partial charge in [-0.2, -0.15) is 0 Å². The van der Waals surface area contributed by atoms with E-state index in [4.69, 9.17) is 9.47 Å². The Morgan fingerprint density at radius 3 is 2.59 bits per heavy atom. The molecule has 0 atom stereocenters. The number of alkyl carbamates (subject to hydrolysis) is 1. The maximum atomic E-state index is 12.1. The third-order valence-corrected chi connectivity index (χ3v) is 3.85. The summed E-state index contributed by atoms with van der Waals surface area (Å²) in [5, 5.41) is 5.31.